The minimum Gasteiger partial charge on any atom is -0.480 e. The highest BCUT2D eigenvalue weighted by atomic mass is 31.2. The number of phosphoric acid groups is 1. The molecular formula is C42H74NO11P. The number of nitrogens with two attached hydrogens (primary N) is 1. The molecular weight excluding hydrogens is 725 g/mol. The van der Waals surface area contributed by atoms with E-state index in [1.807, 2.05) is 24.3 Å². The summed E-state index contributed by atoms with van der Waals surface area (Å²) in [6, 6.07) is -1.54. The van der Waals surface area contributed by atoms with Crippen LogP contribution in [-0.2, 0) is 37.5 Å². The minimum absolute atomic E-state index is 0.112. The quantitative estimate of drug-likeness (QED) is 0.0152. The highest BCUT2D eigenvalue weighted by Crippen LogP contribution is 2.43. The first kappa shape index (κ1) is 52.4. The Labute approximate surface area is 331 Å². The zero-order chi connectivity index (χ0) is 40.8. The van der Waals surface area contributed by atoms with Crippen LogP contribution in [-0.4, -0.2) is 71.1 Å². The second kappa shape index (κ2) is 37.0. The SMILES string of the molecule is CC/C=C/CC(O)/C=C/C=C/CCCCCCCC(=O)OC(COC(=O)CCCCCCC/C=C\CCCCCCCC)COP(=O)(O)OCC(N)C(=O)O. The summed E-state index contributed by atoms with van der Waals surface area (Å²) in [5.74, 6) is -2.46. The van der Waals surface area contributed by atoms with Crippen LogP contribution in [0.25, 0.3) is 0 Å². The summed E-state index contributed by atoms with van der Waals surface area (Å²) in [5.41, 5.74) is 5.32. The summed E-state index contributed by atoms with van der Waals surface area (Å²) in [6.07, 6.45) is 36.5. The van der Waals surface area contributed by atoms with Gasteiger partial charge in [-0.3, -0.25) is 23.4 Å². The predicted molar refractivity (Wildman–Crippen MR) is 218 cm³/mol. The van der Waals surface area contributed by atoms with Crippen LogP contribution in [0.3, 0.4) is 0 Å². The molecule has 0 rings (SSSR count). The summed E-state index contributed by atoms with van der Waals surface area (Å²) >= 11 is 0. The third kappa shape index (κ3) is 36.8. The van der Waals surface area contributed by atoms with E-state index in [4.69, 9.17) is 24.8 Å². The number of unbranched alkanes of at least 4 members (excludes halogenated alkanes) is 16. The van der Waals surface area contributed by atoms with Gasteiger partial charge in [-0.2, -0.15) is 0 Å². The van der Waals surface area contributed by atoms with Crippen molar-refractivity contribution in [1.82, 2.24) is 0 Å². The van der Waals surface area contributed by atoms with E-state index in [1.54, 1.807) is 6.08 Å². The van der Waals surface area contributed by atoms with Gasteiger partial charge in [0.2, 0.25) is 0 Å². The van der Waals surface area contributed by atoms with Crippen LogP contribution >= 0.6 is 7.82 Å². The molecule has 4 unspecified atom stereocenters. The van der Waals surface area contributed by atoms with Crippen LogP contribution in [0.5, 0.6) is 0 Å². The normalized spacial score (nSPS) is 14.9. The van der Waals surface area contributed by atoms with Crippen LogP contribution in [0.1, 0.15) is 162 Å². The number of hydrogen-bond donors (Lipinski definition) is 4. The summed E-state index contributed by atoms with van der Waals surface area (Å²) in [7, 11) is -4.73. The summed E-state index contributed by atoms with van der Waals surface area (Å²) < 4.78 is 32.6. The molecule has 12 nitrogen and oxygen atoms in total. The van der Waals surface area contributed by atoms with Crippen LogP contribution in [0, 0.1) is 0 Å². The Morgan fingerprint density at radius 2 is 1.18 bits per heavy atom. The lowest BCUT2D eigenvalue weighted by atomic mass is 10.1. The number of carboxylic acids is 1. The average Bonchev–Trinajstić information content (AvgIpc) is 3.15. The molecule has 0 heterocycles. The second-order valence-corrected chi connectivity index (χ2v) is 15.4. The topological polar surface area (TPSA) is 192 Å². The molecule has 0 aliphatic heterocycles. The number of aliphatic carboxylic acids is 1. The average molecular weight is 800 g/mol. The van der Waals surface area contributed by atoms with E-state index < -0.39 is 57.2 Å². The van der Waals surface area contributed by atoms with Crippen molar-refractivity contribution >= 4 is 25.7 Å². The Kier molecular flexibility index (Phi) is 35.3. The van der Waals surface area contributed by atoms with Crippen molar-refractivity contribution in [3.63, 3.8) is 0 Å². The van der Waals surface area contributed by atoms with Crippen molar-refractivity contribution in [1.29, 1.82) is 0 Å². The summed E-state index contributed by atoms with van der Waals surface area (Å²) in [4.78, 5) is 45.9. The number of phosphoric ester groups is 1. The molecule has 0 radical (unpaired) electrons. The smallest absolute Gasteiger partial charge is 0.472 e. The highest BCUT2D eigenvalue weighted by molar-refractivity contribution is 7.47. The lowest BCUT2D eigenvalue weighted by molar-refractivity contribution is -0.161. The van der Waals surface area contributed by atoms with E-state index in [0.29, 0.717) is 19.3 Å². The van der Waals surface area contributed by atoms with Crippen molar-refractivity contribution in [3.8, 4) is 0 Å². The molecule has 0 saturated heterocycles. The molecule has 0 amide bonds. The number of carboxylic acid groups (broad SMARTS) is 1. The van der Waals surface area contributed by atoms with Crippen molar-refractivity contribution in [3.05, 3.63) is 48.6 Å². The van der Waals surface area contributed by atoms with Crippen LogP contribution in [0.2, 0.25) is 0 Å². The fourth-order valence-electron chi connectivity index (χ4n) is 5.33. The Morgan fingerprint density at radius 1 is 0.655 bits per heavy atom. The molecule has 0 aromatic heterocycles. The lowest BCUT2D eigenvalue weighted by Crippen LogP contribution is -2.34. The van der Waals surface area contributed by atoms with Gasteiger partial charge < -0.3 is 30.3 Å². The largest absolute Gasteiger partial charge is 0.480 e. The maximum absolute atomic E-state index is 12.6. The van der Waals surface area contributed by atoms with Crippen molar-refractivity contribution in [2.75, 3.05) is 19.8 Å². The van der Waals surface area contributed by atoms with E-state index in [1.165, 1.54) is 38.5 Å². The number of allylic oxidation sites excluding steroid dienone is 6. The Bertz CT molecular complexity index is 1140. The molecule has 318 valence electrons. The number of esters is 2. The van der Waals surface area contributed by atoms with Crippen LogP contribution < -0.4 is 5.73 Å². The van der Waals surface area contributed by atoms with Gasteiger partial charge in [0.15, 0.2) is 6.10 Å². The van der Waals surface area contributed by atoms with E-state index in [2.05, 4.69) is 36.6 Å². The number of hydrogen-bond acceptors (Lipinski definition) is 10. The number of carbonyl (C=O) groups is 3. The molecule has 0 aliphatic rings. The van der Waals surface area contributed by atoms with Gasteiger partial charge in [-0.15, -0.1) is 0 Å². The molecule has 0 fully saturated rings. The Hall–Kier alpha value is -2.60. The zero-order valence-electron chi connectivity index (χ0n) is 33.9. The fraction of sp³-hybridized carbons (Fsp3) is 0.738. The maximum atomic E-state index is 12.6. The second-order valence-electron chi connectivity index (χ2n) is 13.9. The van der Waals surface area contributed by atoms with Gasteiger partial charge in [0.05, 0.1) is 19.3 Å². The molecule has 55 heavy (non-hydrogen) atoms. The van der Waals surface area contributed by atoms with Gasteiger partial charge in [-0.25, -0.2) is 4.57 Å². The third-order valence-corrected chi connectivity index (χ3v) is 9.59. The number of aliphatic hydroxyl groups excluding tert-OH is 1. The molecule has 4 atom stereocenters. The van der Waals surface area contributed by atoms with Gasteiger partial charge in [0, 0.05) is 12.8 Å². The minimum atomic E-state index is -4.73. The molecule has 0 aromatic rings. The van der Waals surface area contributed by atoms with E-state index >= 15 is 0 Å². The summed E-state index contributed by atoms with van der Waals surface area (Å²) in [6.45, 7) is 2.53. The van der Waals surface area contributed by atoms with Gasteiger partial charge >= 0.3 is 25.7 Å². The molecule has 0 aromatic carbocycles. The van der Waals surface area contributed by atoms with E-state index in [0.717, 1.165) is 77.0 Å². The molecule has 0 aliphatic carbocycles. The van der Waals surface area contributed by atoms with Crippen LogP contribution in [0.4, 0.5) is 0 Å². The van der Waals surface area contributed by atoms with E-state index in [9.17, 15) is 28.9 Å². The zero-order valence-corrected chi connectivity index (χ0v) is 34.8. The maximum Gasteiger partial charge on any atom is 0.472 e. The first-order chi connectivity index (χ1) is 26.5. The standard InChI is InChI=1S/C42H74NO11P/c1-3-5-7-8-9-10-11-12-13-14-15-18-21-24-28-32-40(45)51-34-38(35-52-55(49,50)53-36-39(43)42(47)48)54-41(46)33-29-25-22-19-16-17-20-23-27-31-37(44)30-26-6-4-2/h6,12-13,20,23,26-27,31,37-39,44H,3-5,7-11,14-19,21-22,24-25,28-30,32-36,43H2,1-2H3,(H,47,48)(H,49,50)/b13-12-,23-20+,26-6+,31-27+. The number of rotatable bonds is 38. The summed E-state index contributed by atoms with van der Waals surface area (Å²) in [5, 5.41) is 18.7. The van der Waals surface area contributed by atoms with Gasteiger partial charge in [-0.1, -0.05) is 133 Å². The van der Waals surface area contributed by atoms with Crippen LogP contribution in [0.15, 0.2) is 48.6 Å². The third-order valence-electron chi connectivity index (χ3n) is 8.64. The van der Waals surface area contributed by atoms with E-state index in [-0.39, 0.29) is 19.4 Å². The molecule has 5 N–H and O–H groups in total. The lowest BCUT2D eigenvalue weighted by Gasteiger charge is -2.20. The van der Waals surface area contributed by atoms with Crippen molar-refractivity contribution in [2.24, 2.45) is 5.73 Å². The Morgan fingerprint density at radius 3 is 1.76 bits per heavy atom. The first-order valence-electron chi connectivity index (χ1n) is 20.8. The molecule has 0 bridgehead atoms. The number of aliphatic hydroxyl groups is 1. The van der Waals surface area contributed by atoms with Gasteiger partial charge in [0.1, 0.15) is 12.6 Å². The highest BCUT2D eigenvalue weighted by Gasteiger charge is 2.28. The Balaban J connectivity index is 4.48. The van der Waals surface area contributed by atoms with Crippen molar-refractivity contribution < 1.29 is 52.6 Å². The molecule has 13 heteroatoms. The molecule has 0 spiro atoms. The molecule has 0 saturated carbocycles. The number of carbonyl (C=O) groups excluding carboxylic acids is 2. The monoisotopic (exact) mass is 799 g/mol. The predicted octanol–water partition coefficient (Wildman–Crippen LogP) is 9.58. The van der Waals surface area contributed by atoms with Gasteiger partial charge in [0.25, 0.3) is 0 Å². The van der Waals surface area contributed by atoms with Gasteiger partial charge in [-0.05, 0) is 64.2 Å². The van der Waals surface area contributed by atoms with Crippen molar-refractivity contribution in [2.45, 2.75) is 180 Å². The fourth-order valence-corrected chi connectivity index (χ4v) is 6.11. The first-order valence-corrected chi connectivity index (χ1v) is 22.3. The number of ether oxygens (including phenoxy) is 2.